The molecule has 2 nitrogen and oxygen atoms in total. The van der Waals surface area contributed by atoms with Crippen molar-refractivity contribution in [1.29, 1.82) is 0 Å². The van der Waals surface area contributed by atoms with Gasteiger partial charge in [-0.3, -0.25) is 0 Å². The summed E-state index contributed by atoms with van der Waals surface area (Å²) in [6.45, 7) is 2.88. The molecule has 2 N–H and O–H groups in total. The van der Waals surface area contributed by atoms with E-state index in [1.807, 2.05) is 6.92 Å². The van der Waals surface area contributed by atoms with Gasteiger partial charge in [-0.2, -0.15) is 0 Å². The highest BCUT2D eigenvalue weighted by Gasteiger charge is 2.16. The lowest BCUT2D eigenvalue weighted by molar-refractivity contribution is 0.101. The van der Waals surface area contributed by atoms with E-state index in [4.69, 9.17) is 10.5 Å². The number of halogens is 1. The number of nitrogens with two attached hydrogens (primary N) is 1. The molecule has 0 bridgehead atoms. The molecule has 0 amide bonds. The van der Waals surface area contributed by atoms with Crippen LogP contribution in [0.2, 0.25) is 0 Å². The summed E-state index contributed by atoms with van der Waals surface area (Å²) in [7, 11) is 0. The average Bonchev–Trinajstić information content (AvgIpc) is 2.85. The van der Waals surface area contributed by atoms with Crippen LogP contribution in [0.15, 0.2) is 18.2 Å². The Morgan fingerprint density at radius 3 is 3.06 bits per heavy atom. The highest BCUT2D eigenvalue weighted by Crippen LogP contribution is 2.24. The van der Waals surface area contributed by atoms with Crippen LogP contribution >= 0.6 is 0 Å². The predicted octanol–water partition coefficient (Wildman–Crippen LogP) is 3.48. The Kier molecular flexibility index (Phi) is 4.72. The van der Waals surface area contributed by atoms with Crippen LogP contribution in [0.3, 0.4) is 0 Å². The molecule has 1 fully saturated rings. The maximum atomic E-state index is 13.2. The van der Waals surface area contributed by atoms with E-state index < -0.39 is 0 Å². The van der Waals surface area contributed by atoms with Crippen molar-refractivity contribution in [3.05, 3.63) is 35.1 Å². The molecule has 0 spiro atoms. The normalized spacial score (nSPS) is 21.2. The van der Waals surface area contributed by atoms with Gasteiger partial charge in [0, 0.05) is 12.6 Å². The molecule has 2 atom stereocenters. The average molecular weight is 251 g/mol. The zero-order chi connectivity index (χ0) is 13.0. The number of rotatable bonds is 5. The highest BCUT2D eigenvalue weighted by molar-refractivity contribution is 5.29. The first-order valence-electron chi connectivity index (χ1n) is 6.80. The molecule has 0 aliphatic carbocycles. The fourth-order valence-corrected chi connectivity index (χ4v) is 2.60. The zero-order valence-corrected chi connectivity index (χ0v) is 11.0. The van der Waals surface area contributed by atoms with Crippen molar-refractivity contribution in [2.24, 2.45) is 5.73 Å². The molecule has 1 aromatic carbocycles. The fourth-order valence-electron chi connectivity index (χ4n) is 2.60. The molecule has 1 heterocycles. The largest absolute Gasteiger partial charge is 0.378 e. The smallest absolute Gasteiger partial charge is 0.123 e. The Bertz CT molecular complexity index is 388. The lowest BCUT2D eigenvalue weighted by Gasteiger charge is -2.16. The second kappa shape index (κ2) is 6.30. The van der Waals surface area contributed by atoms with Crippen molar-refractivity contribution in [3.63, 3.8) is 0 Å². The van der Waals surface area contributed by atoms with Gasteiger partial charge in [0.25, 0.3) is 0 Å². The van der Waals surface area contributed by atoms with E-state index >= 15 is 0 Å². The summed E-state index contributed by atoms with van der Waals surface area (Å²) in [5, 5.41) is 0. The minimum Gasteiger partial charge on any atom is -0.378 e. The van der Waals surface area contributed by atoms with Gasteiger partial charge < -0.3 is 10.5 Å². The summed E-state index contributed by atoms with van der Waals surface area (Å²) in [4.78, 5) is 0. The van der Waals surface area contributed by atoms with E-state index in [1.165, 1.54) is 18.9 Å². The molecule has 0 aromatic heterocycles. The van der Waals surface area contributed by atoms with E-state index in [-0.39, 0.29) is 11.9 Å². The molecule has 1 aliphatic rings. The van der Waals surface area contributed by atoms with Crippen molar-refractivity contribution < 1.29 is 9.13 Å². The maximum absolute atomic E-state index is 13.2. The lowest BCUT2D eigenvalue weighted by Crippen LogP contribution is -2.13. The third-order valence-corrected chi connectivity index (χ3v) is 3.71. The molecule has 3 heteroatoms. The molecule has 0 saturated carbocycles. The molecule has 1 saturated heterocycles. The molecule has 2 unspecified atom stereocenters. The fraction of sp³-hybridized carbons (Fsp3) is 0.600. The van der Waals surface area contributed by atoms with Crippen LogP contribution in [-0.4, -0.2) is 12.7 Å². The standard InChI is InChI=1S/C15H22FNO/c1-11-7-8-12(16)10-14(11)15(17)6-2-4-13-5-3-9-18-13/h7-8,10,13,15H,2-6,9,17H2,1H3. The van der Waals surface area contributed by atoms with Crippen molar-refractivity contribution in [1.82, 2.24) is 0 Å². The van der Waals surface area contributed by atoms with Crippen molar-refractivity contribution in [2.45, 2.75) is 51.2 Å². The monoisotopic (exact) mass is 251 g/mol. The Morgan fingerprint density at radius 1 is 1.50 bits per heavy atom. The summed E-state index contributed by atoms with van der Waals surface area (Å²) in [5.74, 6) is -0.204. The summed E-state index contributed by atoms with van der Waals surface area (Å²) < 4.78 is 18.8. The van der Waals surface area contributed by atoms with Gasteiger partial charge in [-0.25, -0.2) is 4.39 Å². The van der Waals surface area contributed by atoms with E-state index in [1.54, 1.807) is 12.1 Å². The summed E-state index contributed by atoms with van der Waals surface area (Å²) in [5.41, 5.74) is 8.15. The first kappa shape index (κ1) is 13.5. The van der Waals surface area contributed by atoms with Gasteiger partial charge in [0.1, 0.15) is 5.82 Å². The number of ether oxygens (including phenoxy) is 1. The minimum absolute atomic E-state index is 0.0675. The van der Waals surface area contributed by atoms with Gasteiger partial charge >= 0.3 is 0 Å². The Hall–Kier alpha value is -0.930. The van der Waals surface area contributed by atoms with Crippen molar-refractivity contribution in [2.75, 3.05) is 6.61 Å². The van der Waals surface area contributed by atoms with E-state index in [0.717, 1.165) is 37.0 Å². The van der Waals surface area contributed by atoms with Gasteiger partial charge in [0.05, 0.1) is 6.10 Å². The van der Waals surface area contributed by atoms with Gasteiger partial charge in [0.2, 0.25) is 0 Å². The SMILES string of the molecule is Cc1ccc(F)cc1C(N)CCCC1CCCO1. The van der Waals surface area contributed by atoms with Crippen molar-refractivity contribution >= 4 is 0 Å². The third-order valence-electron chi connectivity index (χ3n) is 3.71. The first-order chi connectivity index (χ1) is 8.66. The summed E-state index contributed by atoms with van der Waals surface area (Å²) in [6, 6.07) is 4.77. The Balaban J connectivity index is 1.83. The van der Waals surface area contributed by atoms with Gasteiger partial charge in [-0.05, 0) is 62.3 Å². The molecule has 1 aromatic rings. The van der Waals surface area contributed by atoms with E-state index in [2.05, 4.69) is 0 Å². The van der Waals surface area contributed by atoms with Gasteiger partial charge in [-0.15, -0.1) is 0 Å². The van der Waals surface area contributed by atoms with Crippen LogP contribution in [-0.2, 0) is 4.74 Å². The predicted molar refractivity (Wildman–Crippen MR) is 70.9 cm³/mol. The Morgan fingerprint density at radius 2 is 2.33 bits per heavy atom. The van der Waals surface area contributed by atoms with E-state index in [0.29, 0.717) is 6.10 Å². The summed E-state index contributed by atoms with van der Waals surface area (Å²) >= 11 is 0. The maximum Gasteiger partial charge on any atom is 0.123 e. The molecule has 18 heavy (non-hydrogen) atoms. The quantitative estimate of drug-likeness (QED) is 0.869. The lowest BCUT2D eigenvalue weighted by atomic mass is 9.96. The van der Waals surface area contributed by atoms with Crippen LogP contribution in [0, 0.1) is 12.7 Å². The highest BCUT2D eigenvalue weighted by atomic mass is 19.1. The van der Waals surface area contributed by atoms with Gasteiger partial charge in [-0.1, -0.05) is 6.07 Å². The molecular formula is C15H22FNO. The zero-order valence-electron chi connectivity index (χ0n) is 11.0. The number of benzene rings is 1. The van der Waals surface area contributed by atoms with Gasteiger partial charge in [0.15, 0.2) is 0 Å². The third kappa shape index (κ3) is 3.53. The first-order valence-corrected chi connectivity index (χ1v) is 6.80. The minimum atomic E-state index is -0.204. The second-order valence-corrected chi connectivity index (χ2v) is 5.17. The van der Waals surface area contributed by atoms with Crippen molar-refractivity contribution in [3.8, 4) is 0 Å². The number of hydrogen-bond acceptors (Lipinski definition) is 2. The van der Waals surface area contributed by atoms with Crippen LogP contribution in [0.25, 0.3) is 0 Å². The molecule has 100 valence electrons. The Labute approximate surface area is 108 Å². The van der Waals surface area contributed by atoms with Crippen LogP contribution in [0.4, 0.5) is 4.39 Å². The summed E-state index contributed by atoms with van der Waals surface area (Å²) in [6.07, 6.45) is 5.79. The van der Waals surface area contributed by atoms with E-state index in [9.17, 15) is 4.39 Å². The van der Waals surface area contributed by atoms with Crippen LogP contribution in [0.5, 0.6) is 0 Å². The molecular weight excluding hydrogens is 229 g/mol. The van der Waals surface area contributed by atoms with Crippen LogP contribution < -0.4 is 5.73 Å². The molecule has 0 radical (unpaired) electrons. The second-order valence-electron chi connectivity index (χ2n) is 5.17. The molecule has 2 rings (SSSR count). The number of hydrogen-bond donors (Lipinski definition) is 1. The topological polar surface area (TPSA) is 35.2 Å². The van der Waals surface area contributed by atoms with Crippen LogP contribution in [0.1, 0.15) is 49.3 Å². The molecule has 1 aliphatic heterocycles. The number of aryl methyl sites for hydroxylation is 1.